The zero-order chi connectivity index (χ0) is 31.2. The van der Waals surface area contributed by atoms with Gasteiger partial charge in [0.1, 0.15) is 6.04 Å². The van der Waals surface area contributed by atoms with Crippen LogP contribution in [0.2, 0.25) is 0 Å². The maximum Gasteiger partial charge on any atom is 0.417 e. The molecule has 1 saturated heterocycles. The van der Waals surface area contributed by atoms with Crippen molar-refractivity contribution in [1.29, 1.82) is 0 Å². The highest BCUT2D eigenvalue weighted by molar-refractivity contribution is 5.87. The van der Waals surface area contributed by atoms with Crippen molar-refractivity contribution in [2.24, 2.45) is 17.3 Å². The lowest BCUT2D eigenvalue weighted by molar-refractivity contribution is -0.155. The molecule has 1 saturated carbocycles. The van der Waals surface area contributed by atoms with E-state index in [9.17, 15) is 41.0 Å². The van der Waals surface area contributed by atoms with Gasteiger partial charge in [0.2, 0.25) is 11.8 Å². The Labute approximate surface area is 239 Å². The van der Waals surface area contributed by atoms with Crippen molar-refractivity contribution in [2.75, 3.05) is 7.11 Å². The molecule has 1 amide bonds. The van der Waals surface area contributed by atoms with Crippen LogP contribution in [0.25, 0.3) is 0 Å². The number of rotatable bonds is 7. The molecular weight excluding hydrogens is 568 g/mol. The number of nitrogens with zero attached hydrogens (tertiary/aromatic N) is 2. The summed E-state index contributed by atoms with van der Waals surface area (Å²) >= 11 is 0. The van der Waals surface area contributed by atoms with E-state index in [2.05, 4.69) is 10.3 Å². The highest BCUT2D eigenvalue weighted by Gasteiger charge is 2.59. The quantitative estimate of drug-likeness (QED) is 0.374. The molecule has 0 spiro atoms. The van der Waals surface area contributed by atoms with Crippen LogP contribution in [-0.4, -0.2) is 46.1 Å². The number of carbonyl (C=O) groups is 2. The Kier molecular flexibility index (Phi) is 8.56. The molecule has 13 heteroatoms. The Morgan fingerprint density at radius 3 is 2.21 bits per heavy atom. The minimum atomic E-state index is -4.82. The van der Waals surface area contributed by atoms with E-state index in [4.69, 9.17) is 4.74 Å². The molecule has 230 valence electrons. The van der Waals surface area contributed by atoms with E-state index < -0.39 is 70.7 Å². The van der Waals surface area contributed by atoms with E-state index in [0.717, 1.165) is 23.5 Å². The first-order valence-corrected chi connectivity index (χ1v) is 13.5. The summed E-state index contributed by atoms with van der Waals surface area (Å²) < 4.78 is 88.5. The molecule has 1 aliphatic carbocycles. The number of likely N-dealkylation sites (tertiary alicyclic amines) is 1. The van der Waals surface area contributed by atoms with Gasteiger partial charge in [-0.05, 0) is 36.0 Å². The monoisotopic (exact) mass is 601 g/mol. The fraction of sp³-hybridized carbons (Fsp3) is 0.552. The molecule has 1 aromatic heterocycles. The molecule has 42 heavy (non-hydrogen) atoms. The zero-order valence-electron chi connectivity index (χ0n) is 23.5. The van der Waals surface area contributed by atoms with Gasteiger partial charge in [-0.1, -0.05) is 45.4 Å². The van der Waals surface area contributed by atoms with Crippen LogP contribution >= 0.6 is 0 Å². The number of pyridine rings is 1. The number of aliphatic carboxylic acids is 1. The van der Waals surface area contributed by atoms with Gasteiger partial charge in [-0.3, -0.25) is 4.79 Å². The second kappa shape index (κ2) is 11.4. The molecule has 2 fully saturated rings. The van der Waals surface area contributed by atoms with Crippen LogP contribution in [-0.2, 0) is 28.5 Å². The molecule has 1 aliphatic heterocycles. The summed E-state index contributed by atoms with van der Waals surface area (Å²) in [5.74, 6) is -3.52. The van der Waals surface area contributed by atoms with E-state index in [1.807, 2.05) is 0 Å². The molecule has 0 bridgehead atoms. The molecule has 7 nitrogen and oxygen atoms in total. The Balaban J connectivity index is 1.90. The molecule has 4 atom stereocenters. The number of methoxy groups -OCH3 is 1. The van der Waals surface area contributed by atoms with Gasteiger partial charge in [-0.15, -0.1) is 0 Å². The summed E-state index contributed by atoms with van der Waals surface area (Å²) in [6.07, 6.45) is -7.22. The van der Waals surface area contributed by atoms with E-state index in [-0.39, 0.29) is 23.6 Å². The molecule has 2 heterocycles. The topological polar surface area (TPSA) is 91.8 Å². The summed E-state index contributed by atoms with van der Waals surface area (Å²) in [6.45, 7) is 4.82. The number of carboxylic acids is 1. The lowest BCUT2D eigenvalue weighted by Crippen LogP contribution is -2.50. The van der Waals surface area contributed by atoms with Crippen LogP contribution in [0, 0.1) is 17.3 Å². The molecular formula is C29H33F6N3O4. The van der Waals surface area contributed by atoms with Gasteiger partial charge in [0.05, 0.1) is 24.3 Å². The minimum absolute atomic E-state index is 0.0292. The SMILES string of the molecule is COc1ncc(C(F)(F)F)cc1CN[C@H]1[C@H](C(C)(C)C)[C@@H](C(=O)O)N(C(=O)C2CCC2)[C@H]1c1ccccc1C(F)(F)F. The van der Waals surface area contributed by atoms with Crippen LogP contribution in [0.5, 0.6) is 5.88 Å². The van der Waals surface area contributed by atoms with Crippen molar-refractivity contribution in [3.63, 3.8) is 0 Å². The average Bonchev–Trinajstić information content (AvgIpc) is 3.21. The number of hydrogen-bond donors (Lipinski definition) is 2. The van der Waals surface area contributed by atoms with Crippen molar-refractivity contribution < 1.29 is 45.8 Å². The van der Waals surface area contributed by atoms with E-state index >= 15 is 0 Å². The first-order valence-electron chi connectivity index (χ1n) is 13.5. The number of alkyl halides is 6. The number of carboxylic acid groups (broad SMARTS) is 1. The maximum atomic E-state index is 14.3. The predicted molar refractivity (Wildman–Crippen MR) is 139 cm³/mol. The fourth-order valence-corrected chi connectivity index (χ4v) is 6.12. The normalized spacial score (nSPS) is 23.5. The molecule has 2 aliphatic rings. The number of carbonyl (C=O) groups excluding carboxylic acids is 1. The first kappa shape index (κ1) is 31.6. The summed E-state index contributed by atoms with van der Waals surface area (Å²) in [4.78, 5) is 31.5. The third-order valence-corrected chi connectivity index (χ3v) is 8.19. The lowest BCUT2D eigenvalue weighted by atomic mass is 9.72. The third-order valence-electron chi connectivity index (χ3n) is 8.19. The molecule has 4 rings (SSSR count). The Bertz CT molecular complexity index is 1320. The number of hydrogen-bond acceptors (Lipinski definition) is 5. The van der Waals surface area contributed by atoms with Gasteiger partial charge in [-0.25, -0.2) is 9.78 Å². The lowest BCUT2D eigenvalue weighted by Gasteiger charge is -2.37. The van der Waals surface area contributed by atoms with E-state index in [1.165, 1.54) is 25.3 Å². The third kappa shape index (κ3) is 6.06. The van der Waals surface area contributed by atoms with E-state index in [1.54, 1.807) is 20.8 Å². The van der Waals surface area contributed by atoms with Gasteiger partial charge in [0.25, 0.3) is 0 Å². The van der Waals surface area contributed by atoms with Gasteiger partial charge in [0.15, 0.2) is 0 Å². The second-order valence-electron chi connectivity index (χ2n) is 11.9. The highest BCUT2D eigenvalue weighted by atomic mass is 19.4. The second-order valence-corrected chi connectivity index (χ2v) is 11.9. The van der Waals surface area contributed by atoms with Gasteiger partial charge >= 0.3 is 18.3 Å². The van der Waals surface area contributed by atoms with Gasteiger partial charge < -0.3 is 20.1 Å². The average molecular weight is 602 g/mol. The van der Waals surface area contributed by atoms with Crippen LogP contribution < -0.4 is 10.1 Å². The van der Waals surface area contributed by atoms with E-state index in [0.29, 0.717) is 19.0 Å². The number of benzene rings is 1. The number of amides is 1. The summed E-state index contributed by atoms with van der Waals surface area (Å²) in [5.41, 5.74) is -3.26. The standard InChI is InChI=1S/C29H33F6N3O4/c1-27(2,3)20-21(36-13-16-12-17(28(30,31)32)14-37-24(16)42-4)22(18-10-5-6-11-19(18)29(33,34)35)38(23(20)26(40)41)25(39)15-8-7-9-15/h5-6,10-12,14-15,20-23,36H,7-9,13H2,1-4H3,(H,40,41)/t20-,21-,22-,23-/m0/s1. The maximum absolute atomic E-state index is 14.3. The largest absolute Gasteiger partial charge is 0.481 e. The smallest absolute Gasteiger partial charge is 0.417 e. The Morgan fingerprint density at radius 2 is 1.71 bits per heavy atom. The Morgan fingerprint density at radius 1 is 1.07 bits per heavy atom. The summed E-state index contributed by atoms with van der Waals surface area (Å²) in [7, 11) is 1.22. The fourth-order valence-electron chi connectivity index (χ4n) is 6.12. The van der Waals surface area contributed by atoms with Crippen molar-refractivity contribution >= 4 is 11.9 Å². The van der Waals surface area contributed by atoms with Gasteiger partial charge in [-0.2, -0.15) is 26.3 Å². The van der Waals surface area contributed by atoms with Crippen LogP contribution in [0.1, 0.15) is 68.3 Å². The number of aromatic nitrogens is 1. The molecule has 2 aromatic rings. The molecule has 2 N–H and O–H groups in total. The Hall–Kier alpha value is -3.35. The molecule has 1 aromatic carbocycles. The van der Waals surface area contributed by atoms with Crippen LogP contribution in [0.3, 0.4) is 0 Å². The van der Waals surface area contributed by atoms with Crippen molar-refractivity contribution in [3.05, 3.63) is 58.8 Å². The molecule has 0 unspecified atom stereocenters. The molecule has 0 radical (unpaired) electrons. The van der Waals surface area contributed by atoms with Crippen molar-refractivity contribution in [2.45, 2.75) is 77.1 Å². The van der Waals surface area contributed by atoms with Crippen LogP contribution in [0.15, 0.2) is 36.5 Å². The highest BCUT2D eigenvalue weighted by Crippen LogP contribution is 2.51. The minimum Gasteiger partial charge on any atom is -0.481 e. The first-order chi connectivity index (χ1) is 19.5. The summed E-state index contributed by atoms with van der Waals surface area (Å²) in [5, 5.41) is 13.5. The van der Waals surface area contributed by atoms with Crippen molar-refractivity contribution in [3.8, 4) is 5.88 Å². The predicted octanol–water partition coefficient (Wildman–Crippen LogP) is 6.09. The van der Waals surface area contributed by atoms with Crippen LogP contribution in [0.4, 0.5) is 26.3 Å². The number of nitrogens with one attached hydrogen (secondary N) is 1. The van der Waals surface area contributed by atoms with Crippen molar-refractivity contribution in [1.82, 2.24) is 15.2 Å². The van der Waals surface area contributed by atoms with Gasteiger partial charge in [0, 0.05) is 36.2 Å². The zero-order valence-corrected chi connectivity index (χ0v) is 23.5. The number of halogens is 6. The summed E-state index contributed by atoms with van der Waals surface area (Å²) in [6, 6.07) is 1.53. The number of ether oxygens (including phenoxy) is 1.